The Morgan fingerprint density at radius 2 is 1.40 bits per heavy atom. The van der Waals surface area contributed by atoms with E-state index < -0.39 is 0 Å². The summed E-state index contributed by atoms with van der Waals surface area (Å²) in [5.41, 5.74) is 8.59. The number of hydrogen-bond acceptors (Lipinski definition) is 3. The first-order valence-corrected chi connectivity index (χ1v) is 4.88. The predicted octanol–water partition coefficient (Wildman–Crippen LogP) is 2.18. The van der Waals surface area contributed by atoms with Crippen molar-refractivity contribution in [2.24, 2.45) is 0 Å². The maximum absolute atomic E-state index is 8.48. The standard InChI is InChI=1S/C12H13N3/c13-5-1-3-10-7-11(4-2-6-14)9-12(15)8-10/h7-9H,1-4,15H2. The molecule has 1 rings (SSSR count). The fraction of sp³-hybridized carbons (Fsp3) is 0.333. The molecule has 15 heavy (non-hydrogen) atoms. The molecule has 1 aromatic rings. The van der Waals surface area contributed by atoms with Crippen molar-refractivity contribution in [1.82, 2.24) is 0 Å². The summed E-state index contributed by atoms with van der Waals surface area (Å²) in [7, 11) is 0. The smallest absolute Gasteiger partial charge is 0.0625 e. The Kier molecular flexibility index (Phi) is 4.19. The van der Waals surface area contributed by atoms with Crippen molar-refractivity contribution in [2.75, 3.05) is 5.73 Å². The molecule has 0 radical (unpaired) electrons. The van der Waals surface area contributed by atoms with Crippen LogP contribution < -0.4 is 5.73 Å². The number of nitrogen functional groups attached to an aromatic ring is 1. The molecule has 0 saturated heterocycles. The number of rotatable bonds is 4. The van der Waals surface area contributed by atoms with Gasteiger partial charge in [0.25, 0.3) is 0 Å². The maximum Gasteiger partial charge on any atom is 0.0625 e. The van der Waals surface area contributed by atoms with E-state index in [1.54, 1.807) is 0 Å². The van der Waals surface area contributed by atoms with E-state index in [0.29, 0.717) is 18.5 Å². The summed E-state index contributed by atoms with van der Waals surface area (Å²) in [6.07, 6.45) is 2.45. The molecule has 0 saturated carbocycles. The third-order valence-electron chi connectivity index (χ3n) is 2.13. The van der Waals surface area contributed by atoms with E-state index >= 15 is 0 Å². The van der Waals surface area contributed by atoms with Crippen LogP contribution in [0.5, 0.6) is 0 Å². The van der Waals surface area contributed by atoms with Gasteiger partial charge in [-0.2, -0.15) is 10.5 Å². The molecule has 0 unspecified atom stereocenters. The second-order valence-electron chi connectivity index (χ2n) is 3.40. The Hall–Kier alpha value is -2.00. The summed E-state index contributed by atoms with van der Waals surface area (Å²) in [5.74, 6) is 0. The molecular weight excluding hydrogens is 186 g/mol. The van der Waals surface area contributed by atoms with Gasteiger partial charge in [0.05, 0.1) is 12.1 Å². The van der Waals surface area contributed by atoms with Crippen LogP contribution in [0.2, 0.25) is 0 Å². The second kappa shape index (κ2) is 5.67. The average Bonchev–Trinajstić information content (AvgIpc) is 2.23. The van der Waals surface area contributed by atoms with Crippen LogP contribution in [0.15, 0.2) is 18.2 Å². The van der Waals surface area contributed by atoms with E-state index in [9.17, 15) is 0 Å². The van der Waals surface area contributed by atoms with Gasteiger partial charge in [-0.05, 0) is 36.1 Å². The minimum Gasteiger partial charge on any atom is -0.399 e. The zero-order valence-electron chi connectivity index (χ0n) is 8.53. The van der Waals surface area contributed by atoms with Crippen molar-refractivity contribution in [3.8, 4) is 12.1 Å². The SMILES string of the molecule is N#CCCc1cc(N)cc(CCC#N)c1. The molecule has 3 heteroatoms. The molecule has 2 N–H and O–H groups in total. The summed E-state index contributed by atoms with van der Waals surface area (Å²) in [5, 5.41) is 17.0. The highest BCUT2D eigenvalue weighted by molar-refractivity contribution is 5.45. The van der Waals surface area contributed by atoms with Gasteiger partial charge in [0.15, 0.2) is 0 Å². The Balaban J connectivity index is 2.77. The summed E-state index contributed by atoms with van der Waals surface area (Å²) >= 11 is 0. The number of nitrogens with two attached hydrogens (primary N) is 1. The molecule has 0 amide bonds. The van der Waals surface area contributed by atoms with Crippen LogP contribution in [0.1, 0.15) is 24.0 Å². The molecule has 1 aromatic carbocycles. The number of nitrogens with zero attached hydrogens (tertiary/aromatic N) is 2. The minimum atomic E-state index is 0.501. The fourth-order valence-electron chi connectivity index (χ4n) is 1.48. The number of hydrogen-bond donors (Lipinski definition) is 1. The Bertz CT molecular complexity index is 374. The van der Waals surface area contributed by atoms with Crippen LogP contribution in [0.3, 0.4) is 0 Å². The first-order valence-electron chi connectivity index (χ1n) is 4.88. The monoisotopic (exact) mass is 199 g/mol. The summed E-state index contributed by atoms with van der Waals surface area (Å²) in [6, 6.07) is 9.99. The van der Waals surface area contributed by atoms with E-state index in [-0.39, 0.29) is 0 Å². The Morgan fingerprint density at radius 1 is 0.933 bits per heavy atom. The fourth-order valence-corrected chi connectivity index (χ4v) is 1.48. The van der Waals surface area contributed by atoms with Gasteiger partial charge in [-0.15, -0.1) is 0 Å². The molecule has 0 aliphatic carbocycles. The minimum absolute atomic E-state index is 0.501. The van der Waals surface area contributed by atoms with Crippen LogP contribution in [0, 0.1) is 22.7 Å². The predicted molar refractivity (Wildman–Crippen MR) is 58.7 cm³/mol. The van der Waals surface area contributed by atoms with Crippen molar-refractivity contribution in [3.05, 3.63) is 29.3 Å². The molecule has 0 aliphatic rings. The quantitative estimate of drug-likeness (QED) is 0.755. The van der Waals surface area contributed by atoms with Gasteiger partial charge in [0.1, 0.15) is 0 Å². The molecule has 0 heterocycles. The highest BCUT2D eigenvalue weighted by atomic mass is 14.5. The largest absolute Gasteiger partial charge is 0.399 e. The summed E-state index contributed by atoms with van der Waals surface area (Å²) < 4.78 is 0. The number of nitriles is 2. The topological polar surface area (TPSA) is 73.6 Å². The molecule has 0 bridgehead atoms. The van der Waals surface area contributed by atoms with Gasteiger partial charge < -0.3 is 5.73 Å². The van der Waals surface area contributed by atoms with Crippen LogP contribution >= 0.6 is 0 Å². The molecule has 0 aliphatic heterocycles. The van der Waals surface area contributed by atoms with Crippen molar-refractivity contribution in [3.63, 3.8) is 0 Å². The van der Waals surface area contributed by atoms with E-state index in [1.807, 2.05) is 18.2 Å². The molecule has 0 aromatic heterocycles. The lowest BCUT2D eigenvalue weighted by Gasteiger charge is -2.04. The average molecular weight is 199 g/mol. The molecule has 3 nitrogen and oxygen atoms in total. The molecule has 0 fully saturated rings. The molecule has 0 atom stereocenters. The molecular formula is C12H13N3. The van der Waals surface area contributed by atoms with Crippen LogP contribution in [0.25, 0.3) is 0 Å². The summed E-state index contributed by atoms with van der Waals surface area (Å²) in [6.45, 7) is 0. The van der Waals surface area contributed by atoms with Gasteiger partial charge in [0, 0.05) is 18.5 Å². The zero-order valence-corrected chi connectivity index (χ0v) is 8.53. The van der Waals surface area contributed by atoms with Crippen molar-refractivity contribution in [2.45, 2.75) is 25.7 Å². The third-order valence-corrected chi connectivity index (χ3v) is 2.13. The Labute approximate surface area is 89.7 Å². The molecule has 76 valence electrons. The number of anilines is 1. The lowest BCUT2D eigenvalue weighted by atomic mass is 10.0. The van der Waals surface area contributed by atoms with E-state index in [4.69, 9.17) is 16.3 Å². The lowest BCUT2D eigenvalue weighted by molar-refractivity contribution is 0.977. The molecule has 0 spiro atoms. The van der Waals surface area contributed by atoms with Crippen molar-refractivity contribution >= 4 is 5.69 Å². The second-order valence-corrected chi connectivity index (χ2v) is 3.40. The van der Waals surface area contributed by atoms with Crippen molar-refractivity contribution < 1.29 is 0 Å². The summed E-state index contributed by atoms with van der Waals surface area (Å²) in [4.78, 5) is 0. The van der Waals surface area contributed by atoms with Crippen LogP contribution in [-0.4, -0.2) is 0 Å². The zero-order chi connectivity index (χ0) is 11.1. The highest BCUT2D eigenvalue weighted by Gasteiger charge is 1.99. The van der Waals surface area contributed by atoms with E-state index in [1.165, 1.54) is 0 Å². The van der Waals surface area contributed by atoms with Gasteiger partial charge in [-0.1, -0.05) is 6.07 Å². The van der Waals surface area contributed by atoms with Crippen LogP contribution in [0.4, 0.5) is 5.69 Å². The normalized spacial score (nSPS) is 9.20. The van der Waals surface area contributed by atoms with Gasteiger partial charge in [-0.3, -0.25) is 0 Å². The van der Waals surface area contributed by atoms with Gasteiger partial charge >= 0.3 is 0 Å². The van der Waals surface area contributed by atoms with E-state index in [0.717, 1.165) is 24.0 Å². The number of aryl methyl sites for hydroxylation is 2. The highest BCUT2D eigenvalue weighted by Crippen LogP contribution is 2.15. The van der Waals surface area contributed by atoms with Gasteiger partial charge in [0.2, 0.25) is 0 Å². The first kappa shape index (κ1) is 11.1. The van der Waals surface area contributed by atoms with E-state index in [2.05, 4.69) is 12.1 Å². The van der Waals surface area contributed by atoms with Gasteiger partial charge in [-0.25, -0.2) is 0 Å². The maximum atomic E-state index is 8.48. The number of benzene rings is 1. The van der Waals surface area contributed by atoms with Crippen LogP contribution in [-0.2, 0) is 12.8 Å². The van der Waals surface area contributed by atoms with Crippen molar-refractivity contribution in [1.29, 1.82) is 10.5 Å². The lowest BCUT2D eigenvalue weighted by Crippen LogP contribution is -1.94. The first-order chi connectivity index (χ1) is 7.26. The Morgan fingerprint density at radius 3 is 1.80 bits per heavy atom. The third kappa shape index (κ3) is 3.70.